The van der Waals surface area contributed by atoms with E-state index in [1.165, 1.54) is 6.07 Å². The van der Waals surface area contributed by atoms with Crippen LogP contribution in [0.5, 0.6) is 5.75 Å². The molecule has 1 heterocycles. The SMILES string of the molecule is Cc1c(C2=NCC(C)S2)ccc(O)c1S(=O)(=O)O. The van der Waals surface area contributed by atoms with Crippen LogP contribution < -0.4 is 0 Å². The van der Waals surface area contributed by atoms with Crippen LogP contribution in [0.15, 0.2) is 22.0 Å². The Labute approximate surface area is 110 Å². The molecule has 0 saturated carbocycles. The van der Waals surface area contributed by atoms with E-state index < -0.39 is 20.8 Å². The summed E-state index contributed by atoms with van der Waals surface area (Å²) in [5, 5.41) is 10.7. The van der Waals surface area contributed by atoms with Gasteiger partial charge >= 0.3 is 0 Å². The molecule has 1 aliphatic rings. The van der Waals surface area contributed by atoms with Crippen molar-refractivity contribution in [1.82, 2.24) is 0 Å². The second kappa shape index (κ2) is 4.56. The van der Waals surface area contributed by atoms with E-state index in [2.05, 4.69) is 4.99 Å². The third-order valence-electron chi connectivity index (χ3n) is 2.68. The van der Waals surface area contributed by atoms with Crippen molar-refractivity contribution in [3.63, 3.8) is 0 Å². The summed E-state index contributed by atoms with van der Waals surface area (Å²) in [5.74, 6) is -0.449. The predicted octanol–water partition coefficient (Wildman–Crippen LogP) is 1.83. The highest BCUT2D eigenvalue weighted by Gasteiger charge is 2.25. The lowest BCUT2D eigenvalue weighted by molar-refractivity contribution is 0.442. The van der Waals surface area contributed by atoms with Gasteiger partial charge in [-0.05, 0) is 24.6 Å². The molecule has 2 rings (SSSR count). The van der Waals surface area contributed by atoms with Crippen LogP contribution in [-0.2, 0) is 10.1 Å². The molecule has 1 unspecified atom stereocenters. The smallest absolute Gasteiger partial charge is 0.298 e. The second-order valence-electron chi connectivity index (χ2n) is 4.14. The topological polar surface area (TPSA) is 87.0 Å². The predicted molar refractivity (Wildman–Crippen MR) is 71.1 cm³/mol. The third-order valence-corrected chi connectivity index (χ3v) is 4.83. The quantitative estimate of drug-likeness (QED) is 0.810. The number of rotatable bonds is 2. The van der Waals surface area contributed by atoms with Gasteiger partial charge in [0, 0.05) is 10.8 Å². The molecule has 1 aromatic carbocycles. The molecule has 0 radical (unpaired) electrons. The van der Waals surface area contributed by atoms with Crippen LogP contribution in [0, 0.1) is 6.92 Å². The zero-order valence-electron chi connectivity index (χ0n) is 9.91. The number of phenolic OH excluding ortho intramolecular Hbond substituents is 1. The Morgan fingerprint density at radius 1 is 1.44 bits per heavy atom. The lowest BCUT2D eigenvalue weighted by Gasteiger charge is -2.11. The largest absolute Gasteiger partial charge is 0.506 e. The summed E-state index contributed by atoms with van der Waals surface area (Å²) in [5.41, 5.74) is 0.952. The van der Waals surface area contributed by atoms with Crippen molar-refractivity contribution in [2.75, 3.05) is 6.54 Å². The van der Waals surface area contributed by atoms with E-state index in [0.717, 1.165) is 5.04 Å². The summed E-state index contributed by atoms with van der Waals surface area (Å²) in [6.07, 6.45) is 0. The summed E-state index contributed by atoms with van der Waals surface area (Å²) in [6, 6.07) is 2.88. The first-order valence-corrected chi connectivity index (χ1v) is 7.64. The fourth-order valence-electron chi connectivity index (χ4n) is 1.86. The number of phenols is 1. The molecule has 0 fully saturated rings. The monoisotopic (exact) mass is 287 g/mol. The Morgan fingerprint density at radius 2 is 2.11 bits per heavy atom. The van der Waals surface area contributed by atoms with Crippen LogP contribution in [0.25, 0.3) is 0 Å². The number of nitrogens with zero attached hydrogens (tertiary/aromatic N) is 1. The Balaban J connectivity index is 2.59. The summed E-state index contributed by atoms with van der Waals surface area (Å²) in [4.78, 5) is 3.88. The average molecular weight is 287 g/mol. The summed E-state index contributed by atoms with van der Waals surface area (Å²) < 4.78 is 31.6. The highest BCUT2D eigenvalue weighted by molar-refractivity contribution is 8.15. The normalized spacial score (nSPS) is 19.9. The average Bonchev–Trinajstić information content (AvgIpc) is 2.62. The van der Waals surface area contributed by atoms with Crippen molar-refractivity contribution in [3.05, 3.63) is 23.3 Å². The first kappa shape index (κ1) is 13.4. The molecule has 2 N–H and O–H groups in total. The lowest BCUT2D eigenvalue weighted by Crippen LogP contribution is -2.06. The van der Waals surface area contributed by atoms with Crippen molar-refractivity contribution in [3.8, 4) is 5.75 Å². The van der Waals surface area contributed by atoms with E-state index in [-0.39, 0.29) is 0 Å². The minimum atomic E-state index is -4.44. The fraction of sp³-hybridized carbons (Fsp3) is 0.364. The number of hydrogen-bond donors (Lipinski definition) is 2. The maximum atomic E-state index is 11.3. The van der Waals surface area contributed by atoms with Gasteiger partial charge in [0.15, 0.2) is 0 Å². The minimum absolute atomic E-state index is 0.317. The Morgan fingerprint density at radius 3 is 2.61 bits per heavy atom. The maximum Gasteiger partial charge on any atom is 0.298 e. The molecule has 0 amide bonds. The molecule has 98 valence electrons. The number of hydrogen-bond acceptors (Lipinski definition) is 5. The summed E-state index contributed by atoms with van der Waals surface area (Å²) in [6.45, 7) is 4.26. The Kier molecular flexibility index (Phi) is 3.39. The zero-order chi connectivity index (χ0) is 13.5. The third kappa shape index (κ3) is 2.38. The zero-order valence-corrected chi connectivity index (χ0v) is 11.5. The highest BCUT2D eigenvalue weighted by Crippen LogP contribution is 2.33. The van der Waals surface area contributed by atoms with Gasteiger partial charge in [0.2, 0.25) is 0 Å². The van der Waals surface area contributed by atoms with Crippen molar-refractivity contribution >= 4 is 26.9 Å². The molecule has 0 saturated heterocycles. The standard InChI is InChI=1S/C11H13NO4S2/c1-6-5-12-11(17-6)8-3-4-9(13)10(7(8)2)18(14,15)16/h3-4,6,13H,5H2,1-2H3,(H,14,15,16). The van der Waals surface area contributed by atoms with Gasteiger partial charge in [-0.2, -0.15) is 8.42 Å². The van der Waals surface area contributed by atoms with Crippen LogP contribution in [0.4, 0.5) is 0 Å². The van der Waals surface area contributed by atoms with Gasteiger partial charge in [0.05, 0.1) is 11.6 Å². The Hall–Kier alpha value is -1.05. The summed E-state index contributed by atoms with van der Waals surface area (Å²) >= 11 is 1.55. The molecule has 0 aliphatic carbocycles. The minimum Gasteiger partial charge on any atom is -0.506 e. The fourth-order valence-corrected chi connectivity index (χ4v) is 3.72. The summed E-state index contributed by atoms with van der Waals surface area (Å²) in [7, 11) is -4.44. The maximum absolute atomic E-state index is 11.3. The molecule has 7 heteroatoms. The number of aromatic hydroxyl groups is 1. The van der Waals surface area contributed by atoms with Crippen LogP contribution >= 0.6 is 11.8 Å². The van der Waals surface area contributed by atoms with Gasteiger partial charge in [0.1, 0.15) is 10.6 Å². The highest BCUT2D eigenvalue weighted by atomic mass is 32.2. The molecule has 0 spiro atoms. The number of benzene rings is 1. The van der Waals surface area contributed by atoms with Crippen molar-refractivity contribution in [1.29, 1.82) is 0 Å². The molecule has 1 atom stereocenters. The molecule has 0 bridgehead atoms. The van der Waals surface area contributed by atoms with Crippen LogP contribution in [0.3, 0.4) is 0 Å². The molecule has 1 aliphatic heterocycles. The number of thioether (sulfide) groups is 1. The van der Waals surface area contributed by atoms with Gasteiger partial charge in [0.25, 0.3) is 10.1 Å². The van der Waals surface area contributed by atoms with Crippen molar-refractivity contribution in [2.45, 2.75) is 24.0 Å². The van der Waals surface area contributed by atoms with Gasteiger partial charge < -0.3 is 5.11 Å². The lowest BCUT2D eigenvalue weighted by atomic mass is 10.1. The van der Waals surface area contributed by atoms with E-state index in [4.69, 9.17) is 4.55 Å². The van der Waals surface area contributed by atoms with E-state index in [9.17, 15) is 13.5 Å². The molecular weight excluding hydrogens is 274 g/mol. The van der Waals surface area contributed by atoms with E-state index in [1.807, 2.05) is 6.92 Å². The number of aliphatic imine (C=N–C) groups is 1. The molecular formula is C11H13NO4S2. The Bertz CT molecular complexity index is 622. The first-order chi connectivity index (χ1) is 8.30. The molecule has 1 aromatic rings. The van der Waals surface area contributed by atoms with Gasteiger partial charge in [-0.3, -0.25) is 9.55 Å². The van der Waals surface area contributed by atoms with Gasteiger partial charge in [-0.25, -0.2) is 0 Å². The second-order valence-corrected chi connectivity index (χ2v) is 6.92. The first-order valence-electron chi connectivity index (χ1n) is 5.32. The van der Waals surface area contributed by atoms with Crippen LogP contribution in [0.1, 0.15) is 18.1 Å². The van der Waals surface area contributed by atoms with Crippen LogP contribution in [0.2, 0.25) is 0 Å². The molecule has 5 nitrogen and oxygen atoms in total. The van der Waals surface area contributed by atoms with E-state index >= 15 is 0 Å². The van der Waals surface area contributed by atoms with Gasteiger partial charge in [-0.1, -0.05) is 6.92 Å². The van der Waals surface area contributed by atoms with Gasteiger partial charge in [-0.15, -0.1) is 11.8 Å². The van der Waals surface area contributed by atoms with E-state index in [0.29, 0.717) is 22.9 Å². The van der Waals surface area contributed by atoms with E-state index in [1.54, 1.807) is 24.8 Å². The van der Waals surface area contributed by atoms with Crippen molar-refractivity contribution in [2.24, 2.45) is 4.99 Å². The molecule has 18 heavy (non-hydrogen) atoms. The van der Waals surface area contributed by atoms with Crippen molar-refractivity contribution < 1.29 is 18.1 Å². The van der Waals surface area contributed by atoms with Crippen LogP contribution in [-0.4, -0.2) is 34.9 Å². The molecule has 0 aromatic heterocycles.